The molecule has 1 heterocycles. The number of sulfone groups is 1. The van der Waals surface area contributed by atoms with Gasteiger partial charge in [0.25, 0.3) is 5.91 Å². The fourth-order valence-corrected chi connectivity index (χ4v) is 4.86. The molecule has 0 radical (unpaired) electrons. The van der Waals surface area contributed by atoms with Gasteiger partial charge < -0.3 is 4.90 Å². The molecule has 1 amide bonds. The highest BCUT2D eigenvalue weighted by Gasteiger charge is 2.37. The fourth-order valence-electron chi connectivity index (χ4n) is 2.81. The summed E-state index contributed by atoms with van der Waals surface area (Å²) < 4.78 is 24.2. The molecule has 0 saturated heterocycles. The number of fused-ring (bicyclic) bond motifs is 1. The third-order valence-corrected chi connectivity index (χ3v) is 6.02. The summed E-state index contributed by atoms with van der Waals surface area (Å²) in [7, 11) is -3.10. The van der Waals surface area contributed by atoms with Crippen LogP contribution in [0.15, 0.2) is 30.3 Å². The average Bonchev–Trinajstić information content (AvgIpc) is 3.14. The number of amides is 1. The van der Waals surface area contributed by atoms with E-state index in [0.29, 0.717) is 4.88 Å². The Balaban J connectivity index is 1.89. The zero-order valence-corrected chi connectivity index (χ0v) is 14.3. The van der Waals surface area contributed by atoms with Crippen LogP contribution in [0.5, 0.6) is 0 Å². The first-order valence-corrected chi connectivity index (χ1v) is 10.2. The maximum Gasteiger partial charge on any atom is 0.264 e. The summed E-state index contributed by atoms with van der Waals surface area (Å²) in [6.45, 7) is 1.82. The molecule has 2 aromatic rings. The summed E-state index contributed by atoms with van der Waals surface area (Å²) in [5, 5.41) is 1.06. The summed E-state index contributed by atoms with van der Waals surface area (Å²) in [6.07, 6.45) is 3.15. The van der Waals surface area contributed by atoms with Crippen molar-refractivity contribution >= 4 is 37.2 Å². The lowest BCUT2D eigenvalue weighted by Gasteiger charge is -2.28. The molecular weight excluding hydrogens is 318 g/mol. The van der Waals surface area contributed by atoms with Gasteiger partial charge in [0.1, 0.15) is 9.84 Å². The molecule has 1 atom stereocenters. The number of carbonyl (C=O) groups excluding carboxylic acids is 1. The monoisotopic (exact) mass is 337 g/mol. The lowest BCUT2D eigenvalue weighted by atomic mass is 10.2. The van der Waals surface area contributed by atoms with Crippen LogP contribution in [0.2, 0.25) is 0 Å². The number of carbonyl (C=O) groups is 1. The molecule has 0 bridgehead atoms. The Kier molecular flexibility index (Phi) is 3.99. The topological polar surface area (TPSA) is 54.5 Å². The normalized spacial score (nSPS) is 16.6. The van der Waals surface area contributed by atoms with Crippen LogP contribution < -0.4 is 0 Å². The number of benzene rings is 1. The van der Waals surface area contributed by atoms with Gasteiger partial charge in [0.05, 0.1) is 10.6 Å². The Morgan fingerprint density at radius 2 is 2.05 bits per heavy atom. The minimum Gasteiger partial charge on any atom is -0.331 e. The van der Waals surface area contributed by atoms with E-state index < -0.39 is 9.84 Å². The largest absolute Gasteiger partial charge is 0.331 e. The molecule has 0 aliphatic heterocycles. The van der Waals surface area contributed by atoms with Crippen LogP contribution in [0.3, 0.4) is 0 Å². The molecule has 1 aromatic carbocycles. The third kappa shape index (κ3) is 3.33. The third-order valence-electron chi connectivity index (χ3n) is 3.83. The Morgan fingerprint density at radius 3 is 2.64 bits per heavy atom. The number of nitrogens with zero attached hydrogens (tertiary/aromatic N) is 1. The summed E-state index contributed by atoms with van der Waals surface area (Å²) in [5.41, 5.74) is 0. The molecule has 0 spiro atoms. The number of hydrogen-bond acceptors (Lipinski definition) is 4. The molecule has 0 unspecified atom stereocenters. The molecule has 22 heavy (non-hydrogen) atoms. The first-order chi connectivity index (χ1) is 10.3. The van der Waals surface area contributed by atoms with E-state index >= 15 is 0 Å². The van der Waals surface area contributed by atoms with Gasteiger partial charge in [0.2, 0.25) is 0 Å². The van der Waals surface area contributed by atoms with Crippen molar-refractivity contribution in [2.45, 2.75) is 31.8 Å². The second kappa shape index (κ2) is 5.66. The van der Waals surface area contributed by atoms with Crippen molar-refractivity contribution in [2.75, 3.05) is 12.0 Å². The summed E-state index contributed by atoms with van der Waals surface area (Å²) in [4.78, 5) is 15.3. The van der Waals surface area contributed by atoms with Gasteiger partial charge in [-0.15, -0.1) is 11.3 Å². The molecule has 118 valence electrons. The average molecular weight is 337 g/mol. The number of thiophene rings is 1. The summed E-state index contributed by atoms with van der Waals surface area (Å²) in [6, 6.07) is 9.70. The first kappa shape index (κ1) is 15.5. The lowest BCUT2D eigenvalue weighted by molar-refractivity contribution is 0.0698. The Bertz CT molecular complexity index is 773. The number of hydrogen-bond donors (Lipinski definition) is 0. The zero-order valence-electron chi connectivity index (χ0n) is 12.7. The lowest BCUT2D eigenvalue weighted by Crippen LogP contribution is -2.43. The minimum absolute atomic E-state index is 0.0140. The van der Waals surface area contributed by atoms with Gasteiger partial charge in [-0.3, -0.25) is 4.79 Å². The molecule has 1 aliphatic rings. The minimum atomic E-state index is -3.10. The van der Waals surface area contributed by atoms with Crippen molar-refractivity contribution in [3.63, 3.8) is 0 Å². The molecule has 1 saturated carbocycles. The van der Waals surface area contributed by atoms with Crippen molar-refractivity contribution in [1.82, 2.24) is 4.90 Å². The predicted molar refractivity (Wildman–Crippen MR) is 90.2 cm³/mol. The van der Waals surface area contributed by atoms with Crippen LogP contribution in [0, 0.1) is 0 Å². The van der Waals surface area contributed by atoms with E-state index in [-0.39, 0.29) is 23.7 Å². The van der Waals surface area contributed by atoms with Crippen molar-refractivity contribution in [2.24, 2.45) is 0 Å². The van der Waals surface area contributed by atoms with Crippen LogP contribution in [-0.2, 0) is 9.84 Å². The molecule has 0 N–H and O–H groups in total. The quantitative estimate of drug-likeness (QED) is 0.843. The van der Waals surface area contributed by atoms with E-state index in [1.54, 1.807) is 4.90 Å². The molecule has 1 aliphatic carbocycles. The fraction of sp³-hybridized carbons (Fsp3) is 0.438. The van der Waals surface area contributed by atoms with E-state index in [0.717, 1.165) is 22.9 Å². The van der Waals surface area contributed by atoms with Gasteiger partial charge in [0, 0.05) is 23.0 Å². The zero-order chi connectivity index (χ0) is 15.9. The Hall–Kier alpha value is -1.40. The highest BCUT2D eigenvalue weighted by atomic mass is 32.2. The van der Waals surface area contributed by atoms with Crippen molar-refractivity contribution in [1.29, 1.82) is 0 Å². The van der Waals surface area contributed by atoms with Gasteiger partial charge >= 0.3 is 0 Å². The maximum atomic E-state index is 12.9. The molecule has 4 nitrogen and oxygen atoms in total. The second-order valence-corrected chi connectivity index (χ2v) is 9.30. The molecule has 3 rings (SSSR count). The van der Waals surface area contributed by atoms with E-state index in [1.807, 2.05) is 37.3 Å². The van der Waals surface area contributed by atoms with Crippen LogP contribution in [0.25, 0.3) is 10.1 Å². The second-order valence-electron chi connectivity index (χ2n) is 6.03. The van der Waals surface area contributed by atoms with Crippen LogP contribution in [0.1, 0.15) is 29.4 Å². The number of rotatable bonds is 5. The molecule has 1 fully saturated rings. The van der Waals surface area contributed by atoms with Gasteiger partial charge in [-0.25, -0.2) is 8.42 Å². The highest BCUT2D eigenvalue weighted by molar-refractivity contribution is 7.90. The summed E-state index contributed by atoms with van der Waals surface area (Å²) in [5.74, 6) is -0.0278. The first-order valence-electron chi connectivity index (χ1n) is 7.34. The predicted octanol–water partition coefficient (Wildman–Crippen LogP) is 2.94. The van der Waals surface area contributed by atoms with Gasteiger partial charge in [0.15, 0.2) is 0 Å². The Morgan fingerprint density at radius 1 is 1.36 bits per heavy atom. The van der Waals surface area contributed by atoms with Crippen LogP contribution in [0.4, 0.5) is 0 Å². The van der Waals surface area contributed by atoms with Crippen LogP contribution in [-0.4, -0.2) is 43.3 Å². The smallest absolute Gasteiger partial charge is 0.264 e. The van der Waals surface area contributed by atoms with E-state index in [9.17, 15) is 13.2 Å². The molecule has 1 aromatic heterocycles. The van der Waals surface area contributed by atoms with Gasteiger partial charge in [-0.05, 0) is 37.3 Å². The van der Waals surface area contributed by atoms with E-state index in [4.69, 9.17) is 0 Å². The highest BCUT2D eigenvalue weighted by Crippen LogP contribution is 2.33. The van der Waals surface area contributed by atoms with Gasteiger partial charge in [-0.2, -0.15) is 0 Å². The SMILES string of the molecule is C[C@@H](CS(C)(=O)=O)N(C(=O)c1cc2ccccc2s1)C1CC1. The Labute approximate surface area is 134 Å². The standard InChI is InChI=1S/C16H19NO3S2/c1-11(10-22(2,19)20)17(13-7-8-13)16(18)15-9-12-5-3-4-6-14(12)21-15/h3-6,9,11,13H,7-8,10H2,1-2H3/t11-/m0/s1. The maximum absolute atomic E-state index is 12.9. The van der Waals surface area contributed by atoms with Crippen LogP contribution >= 0.6 is 11.3 Å². The van der Waals surface area contributed by atoms with E-state index in [2.05, 4.69) is 0 Å². The van der Waals surface area contributed by atoms with Gasteiger partial charge in [-0.1, -0.05) is 18.2 Å². The van der Waals surface area contributed by atoms with Crippen molar-refractivity contribution < 1.29 is 13.2 Å². The summed E-state index contributed by atoms with van der Waals surface area (Å²) >= 11 is 1.47. The van der Waals surface area contributed by atoms with Crippen molar-refractivity contribution in [3.05, 3.63) is 35.2 Å². The molecular formula is C16H19NO3S2. The van der Waals surface area contributed by atoms with E-state index in [1.165, 1.54) is 17.6 Å². The molecule has 6 heteroatoms. The van der Waals surface area contributed by atoms with Crippen molar-refractivity contribution in [3.8, 4) is 0 Å².